The molecule has 1 aromatic carbocycles. The fourth-order valence-corrected chi connectivity index (χ4v) is 1.57. The van der Waals surface area contributed by atoms with E-state index in [1.165, 1.54) is 12.4 Å². The minimum atomic E-state index is -0.362. The van der Waals surface area contributed by atoms with E-state index in [0.29, 0.717) is 23.0 Å². The molecule has 0 saturated carbocycles. The maximum atomic E-state index is 13.6. The summed E-state index contributed by atoms with van der Waals surface area (Å²) in [6.45, 7) is 3.96. The maximum absolute atomic E-state index is 13.6. The van der Waals surface area contributed by atoms with E-state index in [-0.39, 0.29) is 11.9 Å². The number of hydrogen-bond acceptors (Lipinski definition) is 5. The quantitative estimate of drug-likeness (QED) is 0.789. The summed E-state index contributed by atoms with van der Waals surface area (Å²) < 4.78 is 13.6. The minimum Gasteiger partial charge on any atom is -0.393 e. The van der Waals surface area contributed by atoms with Crippen molar-refractivity contribution in [3.05, 3.63) is 36.4 Å². The average Bonchev–Trinajstić information content (AvgIpc) is 2.36. The molecule has 0 unspecified atom stereocenters. The molecule has 0 aliphatic heterocycles. The van der Waals surface area contributed by atoms with Gasteiger partial charge in [-0.2, -0.15) is 0 Å². The zero-order valence-electron chi connectivity index (χ0n) is 10.8. The summed E-state index contributed by atoms with van der Waals surface area (Å²) in [6, 6.07) is 6.53. The fraction of sp³-hybridized carbons (Fsp3) is 0.231. The molecule has 2 aromatic rings. The van der Waals surface area contributed by atoms with Crippen LogP contribution in [0.1, 0.15) is 13.8 Å². The molecule has 1 heterocycles. The Bertz CT molecular complexity index is 571. The third-order valence-electron chi connectivity index (χ3n) is 2.44. The van der Waals surface area contributed by atoms with E-state index in [1.807, 2.05) is 13.8 Å². The predicted molar refractivity (Wildman–Crippen MR) is 74.9 cm³/mol. The first-order valence-corrected chi connectivity index (χ1v) is 5.96. The van der Waals surface area contributed by atoms with Crippen molar-refractivity contribution < 1.29 is 4.39 Å². The second-order valence-electron chi connectivity index (χ2n) is 4.39. The lowest BCUT2D eigenvalue weighted by Gasteiger charge is -2.14. The number of hydrogen-bond donors (Lipinski definition) is 3. The highest BCUT2D eigenvalue weighted by atomic mass is 19.1. The van der Waals surface area contributed by atoms with Crippen molar-refractivity contribution in [3.8, 4) is 0 Å². The molecule has 0 atom stereocenters. The lowest BCUT2D eigenvalue weighted by molar-refractivity contribution is 0.632. The van der Waals surface area contributed by atoms with E-state index in [1.54, 1.807) is 18.2 Å². The first-order valence-electron chi connectivity index (χ1n) is 5.96. The number of nitrogens with zero attached hydrogens (tertiary/aromatic N) is 2. The van der Waals surface area contributed by atoms with Gasteiger partial charge >= 0.3 is 0 Å². The maximum Gasteiger partial charge on any atom is 0.159 e. The van der Waals surface area contributed by atoms with Crippen molar-refractivity contribution in [3.63, 3.8) is 0 Å². The largest absolute Gasteiger partial charge is 0.393 e. The molecule has 0 spiro atoms. The topological polar surface area (TPSA) is 75.9 Å². The molecule has 0 aliphatic carbocycles. The predicted octanol–water partition coefficient (Wildman–Crippen LogP) is 2.76. The Hall–Kier alpha value is -2.37. The molecule has 0 aliphatic rings. The van der Waals surface area contributed by atoms with Gasteiger partial charge in [-0.1, -0.05) is 12.1 Å². The monoisotopic (exact) mass is 261 g/mol. The van der Waals surface area contributed by atoms with Crippen LogP contribution >= 0.6 is 0 Å². The van der Waals surface area contributed by atoms with Gasteiger partial charge in [0.2, 0.25) is 0 Å². The van der Waals surface area contributed by atoms with Gasteiger partial charge in [0.15, 0.2) is 11.6 Å². The molecule has 0 bridgehead atoms. The third-order valence-corrected chi connectivity index (χ3v) is 2.44. The molecule has 1 aromatic heterocycles. The van der Waals surface area contributed by atoms with E-state index in [9.17, 15) is 4.39 Å². The Morgan fingerprint density at radius 2 is 1.84 bits per heavy atom. The van der Waals surface area contributed by atoms with Crippen LogP contribution in [0.25, 0.3) is 0 Å². The number of nitrogen functional groups attached to an aromatic ring is 1. The molecule has 0 fully saturated rings. The number of anilines is 4. The third kappa shape index (κ3) is 3.09. The van der Waals surface area contributed by atoms with Crippen LogP contribution in [-0.2, 0) is 0 Å². The zero-order valence-corrected chi connectivity index (χ0v) is 10.8. The van der Waals surface area contributed by atoms with Gasteiger partial charge in [-0.25, -0.2) is 14.4 Å². The molecule has 19 heavy (non-hydrogen) atoms. The molecule has 2 rings (SSSR count). The Labute approximate surface area is 111 Å². The number of aromatic nitrogens is 2. The molecule has 0 radical (unpaired) electrons. The lowest BCUT2D eigenvalue weighted by atomic mass is 10.3. The SMILES string of the molecule is CC(C)Nc1ncnc(Nc2ccccc2F)c1N. The number of nitrogens with one attached hydrogen (secondary N) is 2. The lowest BCUT2D eigenvalue weighted by Crippen LogP contribution is -2.14. The van der Waals surface area contributed by atoms with Crippen molar-refractivity contribution in [1.29, 1.82) is 0 Å². The van der Waals surface area contributed by atoms with Crippen LogP contribution in [0.2, 0.25) is 0 Å². The van der Waals surface area contributed by atoms with Gasteiger partial charge in [0.1, 0.15) is 17.8 Å². The van der Waals surface area contributed by atoms with E-state index in [0.717, 1.165) is 0 Å². The van der Waals surface area contributed by atoms with Crippen LogP contribution in [0.5, 0.6) is 0 Å². The summed E-state index contributed by atoms with van der Waals surface area (Å²) in [7, 11) is 0. The van der Waals surface area contributed by atoms with Crippen molar-refractivity contribution in [2.24, 2.45) is 0 Å². The van der Waals surface area contributed by atoms with Crippen LogP contribution in [0.4, 0.5) is 27.4 Å². The van der Waals surface area contributed by atoms with Gasteiger partial charge in [0, 0.05) is 6.04 Å². The summed E-state index contributed by atoms with van der Waals surface area (Å²) in [5.41, 5.74) is 6.64. The van der Waals surface area contributed by atoms with Crippen LogP contribution in [0.15, 0.2) is 30.6 Å². The van der Waals surface area contributed by atoms with E-state index < -0.39 is 0 Å². The van der Waals surface area contributed by atoms with Crippen LogP contribution < -0.4 is 16.4 Å². The van der Waals surface area contributed by atoms with Crippen molar-refractivity contribution in [1.82, 2.24) is 9.97 Å². The van der Waals surface area contributed by atoms with E-state index >= 15 is 0 Å². The van der Waals surface area contributed by atoms with Crippen molar-refractivity contribution in [2.45, 2.75) is 19.9 Å². The smallest absolute Gasteiger partial charge is 0.159 e. The highest BCUT2D eigenvalue weighted by molar-refractivity contribution is 5.77. The molecule has 100 valence electrons. The summed E-state index contributed by atoms with van der Waals surface area (Å²) in [5, 5.41) is 5.97. The van der Waals surface area contributed by atoms with Gasteiger partial charge < -0.3 is 16.4 Å². The standard InChI is InChI=1S/C13H16FN5/c1-8(2)18-12-11(15)13(17-7-16-12)19-10-6-4-3-5-9(10)14/h3-8H,15H2,1-2H3,(H2,16,17,18,19). The first-order chi connectivity index (χ1) is 9.08. The van der Waals surface area contributed by atoms with Gasteiger partial charge in [-0.05, 0) is 26.0 Å². The van der Waals surface area contributed by atoms with Gasteiger partial charge in [0.05, 0.1) is 5.69 Å². The number of benzene rings is 1. The minimum absolute atomic E-state index is 0.193. The van der Waals surface area contributed by atoms with Gasteiger partial charge in [-0.3, -0.25) is 0 Å². The second kappa shape index (κ2) is 5.51. The number of rotatable bonds is 4. The molecular weight excluding hydrogens is 245 g/mol. The highest BCUT2D eigenvalue weighted by Crippen LogP contribution is 2.27. The molecule has 0 saturated heterocycles. The second-order valence-corrected chi connectivity index (χ2v) is 4.39. The summed E-state index contributed by atoms with van der Waals surface area (Å²) in [4.78, 5) is 8.09. The fourth-order valence-electron chi connectivity index (χ4n) is 1.57. The molecule has 0 amide bonds. The average molecular weight is 261 g/mol. The molecule has 6 heteroatoms. The normalized spacial score (nSPS) is 10.5. The van der Waals surface area contributed by atoms with Crippen molar-refractivity contribution in [2.75, 3.05) is 16.4 Å². The van der Waals surface area contributed by atoms with E-state index in [2.05, 4.69) is 20.6 Å². The zero-order chi connectivity index (χ0) is 13.8. The van der Waals surface area contributed by atoms with Crippen LogP contribution in [-0.4, -0.2) is 16.0 Å². The Balaban J connectivity index is 2.28. The Kier molecular flexibility index (Phi) is 3.79. The summed E-state index contributed by atoms with van der Waals surface area (Å²) >= 11 is 0. The highest BCUT2D eigenvalue weighted by Gasteiger charge is 2.10. The number of nitrogens with two attached hydrogens (primary N) is 1. The first kappa shape index (κ1) is 13.1. The van der Waals surface area contributed by atoms with Gasteiger partial charge in [0.25, 0.3) is 0 Å². The number of halogens is 1. The van der Waals surface area contributed by atoms with Crippen LogP contribution in [0.3, 0.4) is 0 Å². The Morgan fingerprint density at radius 3 is 2.53 bits per heavy atom. The molecule has 4 N–H and O–H groups in total. The summed E-state index contributed by atoms with van der Waals surface area (Å²) in [5.74, 6) is 0.547. The number of para-hydroxylation sites is 1. The van der Waals surface area contributed by atoms with E-state index in [4.69, 9.17) is 5.73 Å². The van der Waals surface area contributed by atoms with Gasteiger partial charge in [-0.15, -0.1) is 0 Å². The molecular formula is C13H16FN5. The molecule has 5 nitrogen and oxygen atoms in total. The van der Waals surface area contributed by atoms with Crippen molar-refractivity contribution >= 4 is 23.0 Å². The Morgan fingerprint density at radius 1 is 1.16 bits per heavy atom. The summed E-state index contributed by atoms with van der Waals surface area (Å²) in [6.07, 6.45) is 1.38. The van der Waals surface area contributed by atoms with Crippen LogP contribution in [0, 0.1) is 5.82 Å².